The van der Waals surface area contributed by atoms with Crippen LogP contribution in [0, 0.1) is 0 Å². The molecule has 3 aromatic carbocycles. The lowest BCUT2D eigenvalue weighted by Gasteiger charge is -2.15. The fourth-order valence-electron chi connectivity index (χ4n) is 4.09. The molecule has 4 aromatic rings. The summed E-state index contributed by atoms with van der Waals surface area (Å²) in [6, 6.07) is 28.3. The summed E-state index contributed by atoms with van der Waals surface area (Å²) >= 11 is 0. The van der Waals surface area contributed by atoms with Gasteiger partial charge in [-0.15, -0.1) is 0 Å². The minimum atomic E-state index is 1.10. The Kier molecular flexibility index (Phi) is 3.53. The molecule has 0 fully saturated rings. The lowest BCUT2D eigenvalue weighted by atomic mass is 9.95. The summed E-state index contributed by atoms with van der Waals surface area (Å²) in [7, 11) is 0. The van der Waals surface area contributed by atoms with E-state index in [9.17, 15) is 0 Å². The highest BCUT2D eigenvalue weighted by Crippen LogP contribution is 2.37. The summed E-state index contributed by atoms with van der Waals surface area (Å²) in [5.41, 5.74) is 9.39. The van der Waals surface area contributed by atoms with Gasteiger partial charge in [0.15, 0.2) is 0 Å². The van der Waals surface area contributed by atoms with E-state index in [4.69, 9.17) is 0 Å². The molecule has 0 unspecified atom stereocenters. The first kappa shape index (κ1) is 15.2. The molecule has 1 aliphatic carbocycles. The molecule has 0 saturated carbocycles. The lowest BCUT2D eigenvalue weighted by molar-refractivity contribution is 0.856. The summed E-state index contributed by atoms with van der Waals surface area (Å²) in [6.45, 7) is 2.25. The van der Waals surface area contributed by atoms with Crippen LogP contribution >= 0.6 is 0 Å². The molecule has 0 atom stereocenters. The van der Waals surface area contributed by atoms with Crippen molar-refractivity contribution in [2.75, 3.05) is 0 Å². The number of hydrogen-bond donors (Lipinski definition) is 0. The second kappa shape index (κ2) is 6.03. The first-order valence-electron chi connectivity index (χ1n) is 9.26. The van der Waals surface area contributed by atoms with Crippen molar-refractivity contribution in [3.8, 4) is 16.8 Å². The summed E-state index contributed by atoms with van der Waals surface area (Å²) < 4.78 is 2.45. The van der Waals surface area contributed by atoms with Gasteiger partial charge in [-0.1, -0.05) is 66.2 Å². The maximum Gasteiger partial charge on any atom is 0.0538 e. The molecule has 0 N–H and O–H groups in total. The quantitative estimate of drug-likeness (QED) is 0.386. The third-order valence-electron chi connectivity index (χ3n) is 5.38. The van der Waals surface area contributed by atoms with Crippen molar-refractivity contribution < 1.29 is 0 Å². The molecule has 1 heteroatoms. The molecule has 0 saturated heterocycles. The van der Waals surface area contributed by atoms with E-state index in [0.717, 1.165) is 12.8 Å². The number of aromatic nitrogens is 1. The van der Waals surface area contributed by atoms with Crippen molar-refractivity contribution in [3.63, 3.8) is 0 Å². The first-order valence-corrected chi connectivity index (χ1v) is 9.26. The van der Waals surface area contributed by atoms with Gasteiger partial charge in [-0.2, -0.15) is 0 Å². The van der Waals surface area contributed by atoms with Crippen LogP contribution in [-0.4, -0.2) is 4.57 Å². The fraction of sp³-hybridized carbons (Fsp3) is 0.120. The van der Waals surface area contributed by atoms with Crippen LogP contribution in [0.15, 0.2) is 84.4 Å². The van der Waals surface area contributed by atoms with E-state index in [0.29, 0.717) is 0 Å². The first-order chi connectivity index (χ1) is 12.8. The Hall–Kier alpha value is -3.06. The molecule has 1 heterocycles. The molecule has 0 amide bonds. The normalized spacial score (nSPS) is 13.5. The molecule has 0 spiro atoms. The summed E-state index contributed by atoms with van der Waals surface area (Å²) in [6.07, 6.45) is 4.62. The molecule has 0 aliphatic heterocycles. The van der Waals surface area contributed by atoms with E-state index in [-0.39, 0.29) is 0 Å². The highest BCUT2D eigenvalue weighted by atomic mass is 15.0. The molecule has 0 radical (unpaired) electrons. The number of fused-ring (bicyclic) bond motifs is 3. The standard InChI is InChI=1S/C25H21N/c1-18-12-14-24-22(16-18)23-17-20(19-8-4-2-5-9-19)13-15-25(23)26(24)21-10-6-3-7-11-21/h2-11,13,15-17H,12,14H2,1H3. The van der Waals surface area contributed by atoms with Crippen LogP contribution in [0.4, 0.5) is 0 Å². The Morgan fingerprint density at radius 1 is 0.731 bits per heavy atom. The monoisotopic (exact) mass is 335 g/mol. The number of rotatable bonds is 2. The highest BCUT2D eigenvalue weighted by Gasteiger charge is 2.20. The van der Waals surface area contributed by atoms with Crippen LogP contribution in [0.25, 0.3) is 33.8 Å². The number of benzene rings is 3. The van der Waals surface area contributed by atoms with Crippen LogP contribution < -0.4 is 0 Å². The maximum absolute atomic E-state index is 2.45. The van der Waals surface area contributed by atoms with E-state index in [1.165, 1.54) is 44.5 Å². The molecule has 0 bridgehead atoms. The Morgan fingerprint density at radius 3 is 2.23 bits per heavy atom. The highest BCUT2D eigenvalue weighted by molar-refractivity contribution is 5.96. The summed E-state index contributed by atoms with van der Waals surface area (Å²) in [5, 5.41) is 1.35. The largest absolute Gasteiger partial charge is 0.313 e. The minimum absolute atomic E-state index is 1.10. The van der Waals surface area contributed by atoms with Crippen LogP contribution in [0.3, 0.4) is 0 Å². The van der Waals surface area contributed by atoms with Crippen molar-refractivity contribution in [3.05, 3.63) is 95.7 Å². The van der Waals surface area contributed by atoms with Gasteiger partial charge < -0.3 is 4.57 Å². The van der Waals surface area contributed by atoms with Gasteiger partial charge in [-0.05, 0) is 55.2 Å². The van der Waals surface area contributed by atoms with Gasteiger partial charge in [0.25, 0.3) is 0 Å². The van der Waals surface area contributed by atoms with Gasteiger partial charge in [0.05, 0.1) is 5.52 Å². The third-order valence-corrected chi connectivity index (χ3v) is 5.38. The predicted molar refractivity (Wildman–Crippen MR) is 111 cm³/mol. The third kappa shape index (κ3) is 2.40. The van der Waals surface area contributed by atoms with Gasteiger partial charge >= 0.3 is 0 Å². The smallest absolute Gasteiger partial charge is 0.0538 e. The van der Waals surface area contributed by atoms with Crippen LogP contribution in [0.1, 0.15) is 24.6 Å². The van der Waals surface area contributed by atoms with Crippen molar-refractivity contribution in [2.45, 2.75) is 19.8 Å². The number of hydrogen-bond acceptors (Lipinski definition) is 0. The predicted octanol–water partition coefficient (Wildman–Crippen LogP) is 6.65. The van der Waals surface area contributed by atoms with Crippen molar-refractivity contribution >= 4 is 17.0 Å². The molecular weight excluding hydrogens is 314 g/mol. The van der Waals surface area contributed by atoms with Gasteiger partial charge in [0, 0.05) is 22.3 Å². The average Bonchev–Trinajstić information content (AvgIpc) is 3.02. The maximum atomic E-state index is 2.45. The van der Waals surface area contributed by atoms with E-state index in [1.54, 1.807) is 0 Å². The zero-order chi connectivity index (χ0) is 17.5. The Balaban J connectivity index is 1.82. The van der Waals surface area contributed by atoms with Crippen LogP contribution in [0.2, 0.25) is 0 Å². The molecule has 1 aromatic heterocycles. The van der Waals surface area contributed by atoms with Gasteiger partial charge in [0.2, 0.25) is 0 Å². The SMILES string of the molecule is CC1=Cc2c(n(-c3ccccc3)c3ccc(-c4ccccc4)cc23)CC1. The van der Waals surface area contributed by atoms with E-state index in [2.05, 4.69) is 96.4 Å². The molecule has 1 nitrogen and oxygen atoms in total. The Labute approximate surface area is 154 Å². The van der Waals surface area contributed by atoms with E-state index < -0.39 is 0 Å². The van der Waals surface area contributed by atoms with E-state index in [1.807, 2.05) is 0 Å². The number of allylic oxidation sites excluding steroid dienone is 1. The van der Waals surface area contributed by atoms with Crippen molar-refractivity contribution in [1.29, 1.82) is 0 Å². The lowest BCUT2D eigenvalue weighted by Crippen LogP contribution is -2.04. The zero-order valence-electron chi connectivity index (χ0n) is 14.9. The fourth-order valence-corrected chi connectivity index (χ4v) is 4.09. The zero-order valence-corrected chi connectivity index (χ0v) is 14.9. The second-order valence-electron chi connectivity index (χ2n) is 7.12. The number of nitrogens with zero attached hydrogens (tertiary/aromatic N) is 1. The Morgan fingerprint density at radius 2 is 1.46 bits per heavy atom. The summed E-state index contributed by atoms with van der Waals surface area (Å²) in [5.74, 6) is 0. The average molecular weight is 335 g/mol. The minimum Gasteiger partial charge on any atom is -0.313 e. The number of para-hydroxylation sites is 1. The van der Waals surface area contributed by atoms with Gasteiger partial charge in [-0.25, -0.2) is 0 Å². The molecular formula is C25H21N. The molecule has 126 valence electrons. The topological polar surface area (TPSA) is 4.93 Å². The molecule has 26 heavy (non-hydrogen) atoms. The van der Waals surface area contributed by atoms with Crippen LogP contribution in [-0.2, 0) is 6.42 Å². The van der Waals surface area contributed by atoms with Gasteiger partial charge in [-0.3, -0.25) is 0 Å². The van der Waals surface area contributed by atoms with Crippen molar-refractivity contribution in [1.82, 2.24) is 4.57 Å². The van der Waals surface area contributed by atoms with Gasteiger partial charge in [0.1, 0.15) is 0 Å². The molecule has 1 aliphatic rings. The molecule has 5 rings (SSSR count). The second-order valence-corrected chi connectivity index (χ2v) is 7.12. The van der Waals surface area contributed by atoms with E-state index >= 15 is 0 Å². The van der Waals surface area contributed by atoms with Crippen molar-refractivity contribution in [2.24, 2.45) is 0 Å². The Bertz CT molecular complexity index is 1120. The van der Waals surface area contributed by atoms with Crippen LogP contribution in [0.5, 0.6) is 0 Å². The summed E-state index contributed by atoms with van der Waals surface area (Å²) in [4.78, 5) is 0.